The Bertz CT molecular complexity index is 610. The molecule has 1 aliphatic heterocycles. The van der Waals surface area contributed by atoms with E-state index in [0.717, 1.165) is 9.87 Å². The Morgan fingerprint density at radius 3 is 2.75 bits per heavy atom. The van der Waals surface area contributed by atoms with E-state index in [4.69, 9.17) is 9.84 Å². The highest BCUT2D eigenvalue weighted by atomic mass is 79.9. The van der Waals surface area contributed by atoms with Gasteiger partial charge in [-0.15, -0.1) is 0 Å². The van der Waals surface area contributed by atoms with Crippen molar-refractivity contribution in [1.29, 1.82) is 0 Å². The number of ether oxygens (including phenoxy) is 1. The summed E-state index contributed by atoms with van der Waals surface area (Å²) in [7, 11) is -3.71. The molecule has 1 fully saturated rings. The van der Waals surface area contributed by atoms with Crippen molar-refractivity contribution in [3.05, 3.63) is 28.2 Å². The number of nitrogens with zero attached hydrogens (tertiary/aromatic N) is 1. The number of morpholine rings is 1. The fourth-order valence-corrected chi connectivity index (χ4v) is 4.31. The molecular formula is C12H14BrNO5S. The predicted octanol–water partition coefficient (Wildman–Crippen LogP) is 1.23. The minimum atomic E-state index is -3.71. The van der Waals surface area contributed by atoms with Gasteiger partial charge in [0.05, 0.1) is 18.0 Å². The molecule has 1 N–H and O–H groups in total. The van der Waals surface area contributed by atoms with Gasteiger partial charge in [-0.2, -0.15) is 4.31 Å². The number of rotatable bonds is 3. The zero-order chi connectivity index (χ0) is 14.9. The van der Waals surface area contributed by atoms with Crippen LogP contribution in [-0.2, 0) is 19.6 Å². The Balaban J connectivity index is 2.32. The SMILES string of the molecule is Cc1cc(Br)cc(S(=O)(=O)N2CCOC(C(=O)O)C2)c1. The maximum absolute atomic E-state index is 12.5. The molecule has 1 aromatic rings. The van der Waals surface area contributed by atoms with E-state index in [0.29, 0.717) is 4.47 Å². The van der Waals surface area contributed by atoms with Crippen LogP contribution in [0.5, 0.6) is 0 Å². The van der Waals surface area contributed by atoms with Crippen LogP contribution in [0.25, 0.3) is 0 Å². The van der Waals surface area contributed by atoms with Gasteiger partial charge < -0.3 is 9.84 Å². The predicted molar refractivity (Wildman–Crippen MR) is 75.0 cm³/mol. The van der Waals surface area contributed by atoms with E-state index in [2.05, 4.69) is 15.9 Å². The summed E-state index contributed by atoms with van der Waals surface area (Å²) in [5, 5.41) is 8.93. The summed E-state index contributed by atoms with van der Waals surface area (Å²) >= 11 is 3.26. The van der Waals surface area contributed by atoms with Crippen molar-refractivity contribution < 1.29 is 23.1 Å². The minimum Gasteiger partial charge on any atom is -0.479 e. The number of benzene rings is 1. The largest absolute Gasteiger partial charge is 0.479 e. The molecule has 1 heterocycles. The monoisotopic (exact) mass is 363 g/mol. The summed E-state index contributed by atoms with van der Waals surface area (Å²) in [6.45, 7) is 1.84. The molecule has 1 aromatic carbocycles. The van der Waals surface area contributed by atoms with E-state index in [1.54, 1.807) is 19.1 Å². The maximum Gasteiger partial charge on any atom is 0.334 e. The molecule has 110 valence electrons. The lowest BCUT2D eigenvalue weighted by molar-refractivity contribution is -0.153. The molecule has 6 nitrogen and oxygen atoms in total. The highest BCUT2D eigenvalue weighted by molar-refractivity contribution is 9.10. The van der Waals surface area contributed by atoms with Crippen molar-refractivity contribution in [2.45, 2.75) is 17.9 Å². The van der Waals surface area contributed by atoms with E-state index in [1.807, 2.05) is 0 Å². The van der Waals surface area contributed by atoms with Crippen LogP contribution in [0.15, 0.2) is 27.6 Å². The third-order valence-electron chi connectivity index (χ3n) is 2.96. The molecule has 0 bridgehead atoms. The Morgan fingerprint density at radius 1 is 1.45 bits per heavy atom. The molecule has 0 saturated carbocycles. The second kappa shape index (κ2) is 5.80. The lowest BCUT2D eigenvalue weighted by atomic mass is 10.2. The molecule has 20 heavy (non-hydrogen) atoms. The van der Waals surface area contributed by atoms with E-state index in [1.165, 1.54) is 6.07 Å². The lowest BCUT2D eigenvalue weighted by Crippen LogP contribution is -2.48. The molecule has 8 heteroatoms. The molecule has 0 aromatic heterocycles. The van der Waals surface area contributed by atoms with Crippen molar-refractivity contribution in [2.24, 2.45) is 0 Å². The number of sulfonamides is 1. The van der Waals surface area contributed by atoms with Crippen LogP contribution in [0.4, 0.5) is 0 Å². The van der Waals surface area contributed by atoms with Crippen LogP contribution in [0.1, 0.15) is 5.56 Å². The lowest BCUT2D eigenvalue weighted by Gasteiger charge is -2.30. The molecule has 0 radical (unpaired) electrons. The van der Waals surface area contributed by atoms with Gasteiger partial charge in [0, 0.05) is 11.0 Å². The number of halogens is 1. The van der Waals surface area contributed by atoms with Crippen molar-refractivity contribution in [3.8, 4) is 0 Å². The van der Waals surface area contributed by atoms with Crippen LogP contribution < -0.4 is 0 Å². The highest BCUT2D eigenvalue weighted by Gasteiger charge is 2.34. The van der Waals surface area contributed by atoms with E-state index in [-0.39, 0.29) is 24.6 Å². The first-order valence-electron chi connectivity index (χ1n) is 5.92. The number of hydrogen-bond acceptors (Lipinski definition) is 4. The molecule has 0 aliphatic carbocycles. The van der Waals surface area contributed by atoms with Gasteiger partial charge in [-0.05, 0) is 30.7 Å². The average molecular weight is 364 g/mol. The minimum absolute atomic E-state index is 0.0726. The number of carboxylic acids is 1. The van der Waals surface area contributed by atoms with Gasteiger partial charge in [0.1, 0.15) is 0 Å². The molecule has 0 amide bonds. The summed E-state index contributed by atoms with van der Waals surface area (Å²) < 4.78 is 31.9. The first kappa shape index (κ1) is 15.4. The molecule has 2 rings (SSSR count). The zero-order valence-corrected chi connectivity index (χ0v) is 13.1. The number of carboxylic acid groups (broad SMARTS) is 1. The molecule has 0 spiro atoms. The maximum atomic E-state index is 12.5. The van der Waals surface area contributed by atoms with Gasteiger partial charge >= 0.3 is 5.97 Å². The molecule has 1 unspecified atom stereocenters. The fourth-order valence-electron chi connectivity index (χ4n) is 1.99. The van der Waals surface area contributed by atoms with Crippen LogP contribution in [0.3, 0.4) is 0 Å². The van der Waals surface area contributed by atoms with Crippen molar-refractivity contribution in [3.63, 3.8) is 0 Å². The quantitative estimate of drug-likeness (QED) is 0.872. The Labute approximate surface area is 125 Å². The summed E-state index contributed by atoms with van der Waals surface area (Å²) in [6.07, 6.45) is -1.12. The third kappa shape index (κ3) is 3.20. The van der Waals surface area contributed by atoms with Crippen LogP contribution in [0.2, 0.25) is 0 Å². The number of aliphatic carboxylic acids is 1. The summed E-state index contributed by atoms with van der Waals surface area (Å²) in [5.74, 6) is -1.16. The second-order valence-electron chi connectivity index (χ2n) is 4.53. The topological polar surface area (TPSA) is 83.9 Å². The fraction of sp³-hybridized carbons (Fsp3) is 0.417. The van der Waals surface area contributed by atoms with Gasteiger partial charge in [0.2, 0.25) is 10.0 Å². The average Bonchev–Trinajstić information content (AvgIpc) is 2.37. The Morgan fingerprint density at radius 2 is 2.15 bits per heavy atom. The molecule has 1 atom stereocenters. The highest BCUT2D eigenvalue weighted by Crippen LogP contribution is 2.23. The Hall–Kier alpha value is -0.960. The zero-order valence-electron chi connectivity index (χ0n) is 10.7. The molecule has 1 saturated heterocycles. The summed E-state index contributed by atoms with van der Waals surface area (Å²) in [6, 6.07) is 4.87. The normalized spacial score (nSPS) is 20.8. The molecular weight excluding hydrogens is 350 g/mol. The van der Waals surface area contributed by atoms with Crippen molar-refractivity contribution >= 4 is 31.9 Å². The standard InChI is InChI=1S/C12H14BrNO5S/c1-8-4-9(13)6-10(5-8)20(17,18)14-2-3-19-11(7-14)12(15)16/h4-6,11H,2-3,7H2,1H3,(H,15,16). The van der Waals surface area contributed by atoms with Gasteiger partial charge in [0.15, 0.2) is 6.10 Å². The summed E-state index contributed by atoms with van der Waals surface area (Å²) in [4.78, 5) is 11.1. The van der Waals surface area contributed by atoms with Crippen LogP contribution >= 0.6 is 15.9 Å². The number of hydrogen-bond donors (Lipinski definition) is 1. The number of carbonyl (C=O) groups is 1. The Kier molecular flexibility index (Phi) is 4.48. The van der Waals surface area contributed by atoms with Crippen LogP contribution in [-0.4, -0.2) is 49.6 Å². The van der Waals surface area contributed by atoms with E-state index >= 15 is 0 Å². The van der Waals surface area contributed by atoms with Crippen molar-refractivity contribution in [2.75, 3.05) is 19.7 Å². The number of aryl methyl sites for hydroxylation is 1. The van der Waals surface area contributed by atoms with Gasteiger partial charge in [0.25, 0.3) is 0 Å². The molecule has 1 aliphatic rings. The van der Waals surface area contributed by atoms with E-state index < -0.39 is 22.1 Å². The van der Waals surface area contributed by atoms with Gasteiger partial charge in [-0.1, -0.05) is 15.9 Å². The summed E-state index contributed by atoms with van der Waals surface area (Å²) in [5.41, 5.74) is 0.806. The van der Waals surface area contributed by atoms with E-state index in [9.17, 15) is 13.2 Å². The van der Waals surface area contributed by atoms with Gasteiger partial charge in [-0.25, -0.2) is 13.2 Å². The van der Waals surface area contributed by atoms with Crippen LogP contribution in [0, 0.1) is 6.92 Å². The third-order valence-corrected chi connectivity index (χ3v) is 5.26. The first-order chi connectivity index (χ1) is 9.30. The van der Waals surface area contributed by atoms with Crippen molar-refractivity contribution in [1.82, 2.24) is 4.31 Å². The second-order valence-corrected chi connectivity index (χ2v) is 7.38. The van der Waals surface area contributed by atoms with Gasteiger partial charge in [-0.3, -0.25) is 0 Å². The first-order valence-corrected chi connectivity index (χ1v) is 8.16. The smallest absolute Gasteiger partial charge is 0.334 e.